The summed E-state index contributed by atoms with van der Waals surface area (Å²) in [6.07, 6.45) is 1.88. The van der Waals surface area contributed by atoms with Crippen LogP contribution in [0.25, 0.3) is 0 Å². The fraction of sp³-hybridized carbons (Fsp3) is 0.273. The molecule has 0 unspecified atom stereocenters. The van der Waals surface area contributed by atoms with Crippen molar-refractivity contribution in [2.45, 2.75) is 13.8 Å². The molecule has 1 aromatic rings. The highest BCUT2D eigenvalue weighted by Gasteiger charge is 1.95. The molecule has 0 fully saturated rings. The van der Waals surface area contributed by atoms with Crippen LogP contribution >= 0.6 is 11.6 Å². The zero-order valence-corrected chi connectivity index (χ0v) is 8.73. The Morgan fingerprint density at radius 1 is 1.38 bits per heavy atom. The van der Waals surface area contributed by atoms with Crippen molar-refractivity contribution in [3.05, 3.63) is 40.9 Å². The first kappa shape index (κ1) is 10.1. The van der Waals surface area contributed by atoms with Gasteiger partial charge in [0.25, 0.3) is 0 Å². The van der Waals surface area contributed by atoms with E-state index in [-0.39, 0.29) is 0 Å². The van der Waals surface area contributed by atoms with Crippen molar-refractivity contribution in [3.63, 3.8) is 0 Å². The summed E-state index contributed by atoms with van der Waals surface area (Å²) in [6.45, 7) is 4.95. The Bertz CT molecular complexity index is 305. The van der Waals surface area contributed by atoms with Gasteiger partial charge in [-0.15, -0.1) is 0 Å². The Morgan fingerprint density at radius 3 is 2.85 bits per heavy atom. The van der Waals surface area contributed by atoms with Crippen molar-refractivity contribution in [1.29, 1.82) is 0 Å². The van der Waals surface area contributed by atoms with Gasteiger partial charge in [-0.2, -0.15) is 0 Å². The minimum Gasteiger partial charge on any atom is -0.381 e. The van der Waals surface area contributed by atoms with E-state index < -0.39 is 0 Å². The molecule has 1 aromatic carbocycles. The van der Waals surface area contributed by atoms with Gasteiger partial charge in [0.1, 0.15) is 0 Å². The summed E-state index contributed by atoms with van der Waals surface area (Å²) >= 11 is 5.42. The Labute approximate surface area is 84.4 Å². The van der Waals surface area contributed by atoms with Crippen LogP contribution in [0.5, 0.6) is 0 Å². The number of anilines is 1. The first-order chi connectivity index (χ1) is 6.24. The average molecular weight is 196 g/mol. The quantitative estimate of drug-likeness (QED) is 0.779. The number of halogens is 1. The van der Waals surface area contributed by atoms with Gasteiger partial charge in [-0.05, 0) is 31.0 Å². The van der Waals surface area contributed by atoms with Crippen LogP contribution in [0.1, 0.15) is 11.1 Å². The van der Waals surface area contributed by atoms with Crippen molar-refractivity contribution in [2.75, 3.05) is 11.9 Å². The van der Waals surface area contributed by atoms with E-state index in [4.69, 9.17) is 11.6 Å². The third-order valence-electron chi connectivity index (χ3n) is 1.89. The molecule has 1 N–H and O–H groups in total. The van der Waals surface area contributed by atoms with Crippen LogP contribution in [-0.2, 0) is 0 Å². The highest BCUT2D eigenvalue weighted by Crippen LogP contribution is 2.15. The van der Waals surface area contributed by atoms with Gasteiger partial charge in [0.05, 0.1) is 0 Å². The second kappa shape index (κ2) is 4.93. The van der Waals surface area contributed by atoms with Crippen LogP contribution in [0.4, 0.5) is 5.69 Å². The second-order valence-corrected chi connectivity index (χ2v) is 3.31. The second-order valence-electron chi connectivity index (χ2n) is 3.06. The number of hydrogen-bond acceptors (Lipinski definition) is 1. The van der Waals surface area contributed by atoms with Gasteiger partial charge in [0, 0.05) is 17.8 Å². The molecule has 0 aromatic heterocycles. The molecule has 0 radical (unpaired) electrons. The third-order valence-corrected chi connectivity index (χ3v) is 2.07. The SMILES string of the molecule is Cc1ccc(C)c(NC/C=C/Cl)c1. The zero-order valence-electron chi connectivity index (χ0n) is 7.97. The highest BCUT2D eigenvalue weighted by atomic mass is 35.5. The molecule has 0 amide bonds. The summed E-state index contributed by atoms with van der Waals surface area (Å²) in [6, 6.07) is 6.36. The molecule has 0 saturated heterocycles. The predicted octanol–water partition coefficient (Wildman–Crippen LogP) is 3.47. The Hall–Kier alpha value is -0.950. The lowest BCUT2D eigenvalue weighted by atomic mass is 10.1. The first-order valence-electron chi connectivity index (χ1n) is 4.30. The van der Waals surface area contributed by atoms with Crippen LogP contribution in [0.2, 0.25) is 0 Å². The minimum atomic E-state index is 0.772. The molecule has 13 heavy (non-hydrogen) atoms. The molecule has 0 heterocycles. The molecule has 0 spiro atoms. The Morgan fingerprint density at radius 2 is 2.15 bits per heavy atom. The normalized spacial score (nSPS) is 10.7. The van der Waals surface area contributed by atoms with Gasteiger partial charge in [-0.25, -0.2) is 0 Å². The van der Waals surface area contributed by atoms with Gasteiger partial charge in [0.2, 0.25) is 0 Å². The van der Waals surface area contributed by atoms with E-state index in [2.05, 4.69) is 37.4 Å². The fourth-order valence-electron chi connectivity index (χ4n) is 1.14. The summed E-state index contributed by atoms with van der Waals surface area (Å²) in [4.78, 5) is 0. The Balaban J connectivity index is 2.69. The van der Waals surface area contributed by atoms with Crippen molar-refractivity contribution in [3.8, 4) is 0 Å². The van der Waals surface area contributed by atoms with E-state index in [1.807, 2.05) is 6.08 Å². The standard InChI is InChI=1S/C11H14ClN/c1-9-4-5-10(2)11(8-9)13-7-3-6-12/h3-6,8,13H,7H2,1-2H3/b6-3+. The molecule has 0 aliphatic rings. The maximum atomic E-state index is 5.42. The summed E-state index contributed by atoms with van der Waals surface area (Å²) in [5, 5.41) is 3.28. The molecule has 0 aliphatic carbocycles. The Kier molecular flexibility index (Phi) is 3.84. The third kappa shape index (κ3) is 3.11. The maximum absolute atomic E-state index is 5.42. The van der Waals surface area contributed by atoms with Crippen molar-refractivity contribution >= 4 is 17.3 Å². The van der Waals surface area contributed by atoms with E-state index in [0.717, 1.165) is 6.54 Å². The number of benzene rings is 1. The van der Waals surface area contributed by atoms with E-state index in [0.29, 0.717) is 0 Å². The molecule has 2 heteroatoms. The number of aryl methyl sites for hydroxylation is 2. The van der Waals surface area contributed by atoms with Crippen LogP contribution < -0.4 is 5.32 Å². The number of rotatable bonds is 3. The molecular weight excluding hydrogens is 182 g/mol. The molecule has 1 nitrogen and oxygen atoms in total. The van der Waals surface area contributed by atoms with E-state index in [1.54, 1.807) is 0 Å². The van der Waals surface area contributed by atoms with Gasteiger partial charge in [0.15, 0.2) is 0 Å². The molecule has 0 atom stereocenters. The van der Waals surface area contributed by atoms with E-state index >= 15 is 0 Å². The van der Waals surface area contributed by atoms with E-state index in [1.165, 1.54) is 22.3 Å². The lowest BCUT2D eigenvalue weighted by molar-refractivity contribution is 1.29. The van der Waals surface area contributed by atoms with Gasteiger partial charge >= 0.3 is 0 Å². The van der Waals surface area contributed by atoms with Crippen LogP contribution in [-0.4, -0.2) is 6.54 Å². The van der Waals surface area contributed by atoms with Crippen molar-refractivity contribution in [1.82, 2.24) is 0 Å². The maximum Gasteiger partial charge on any atom is 0.0375 e. The summed E-state index contributed by atoms with van der Waals surface area (Å²) in [7, 11) is 0. The molecule has 0 aliphatic heterocycles. The first-order valence-corrected chi connectivity index (χ1v) is 4.74. The summed E-state index contributed by atoms with van der Waals surface area (Å²) in [5.74, 6) is 0. The van der Waals surface area contributed by atoms with Gasteiger partial charge < -0.3 is 5.32 Å². The van der Waals surface area contributed by atoms with Gasteiger partial charge in [-0.3, -0.25) is 0 Å². The van der Waals surface area contributed by atoms with Gasteiger partial charge in [-0.1, -0.05) is 29.8 Å². The van der Waals surface area contributed by atoms with Crippen molar-refractivity contribution in [2.24, 2.45) is 0 Å². The lowest BCUT2D eigenvalue weighted by Crippen LogP contribution is -1.99. The fourth-order valence-corrected chi connectivity index (χ4v) is 1.23. The monoisotopic (exact) mass is 195 g/mol. The smallest absolute Gasteiger partial charge is 0.0375 e. The average Bonchev–Trinajstić information content (AvgIpc) is 2.11. The van der Waals surface area contributed by atoms with Crippen molar-refractivity contribution < 1.29 is 0 Å². The van der Waals surface area contributed by atoms with Crippen LogP contribution in [0.3, 0.4) is 0 Å². The topological polar surface area (TPSA) is 12.0 Å². The highest BCUT2D eigenvalue weighted by molar-refractivity contribution is 6.25. The zero-order chi connectivity index (χ0) is 9.68. The number of nitrogens with one attached hydrogen (secondary N) is 1. The summed E-state index contributed by atoms with van der Waals surface area (Å²) in [5.41, 5.74) is 5.23. The molecule has 1 rings (SSSR count). The van der Waals surface area contributed by atoms with E-state index in [9.17, 15) is 0 Å². The largest absolute Gasteiger partial charge is 0.381 e. The molecule has 0 saturated carbocycles. The number of hydrogen-bond donors (Lipinski definition) is 1. The molecule has 0 bridgehead atoms. The van der Waals surface area contributed by atoms with Crippen LogP contribution in [0, 0.1) is 13.8 Å². The molecular formula is C11H14ClN. The molecule has 70 valence electrons. The predicted molar refractivity (Wildman–Crippen MR) is 59.4 cm³/mol. The summed E-state index contributed by atoms with van der Waals surface area (Å²) < 4.78 is 0. The minimum absolute atomic E-state index is 0.772. The lowest BCUT2D eigenvalue weighted by Gasteiger charge is -2.07. The van der Waals surface area contributed by atoms with Crippen LogP contribution in [0.15, 0.2) is 29.8 Å².